The average Bonchev–Trinajstić information content (AvgIpc) is 3.31. The summed E-state index contributed by atoms with van der Waals surface area (Å²) >= 11 is 0. The smallest absolute Gasteiger partial charge is 0.231 e. The van der Waals surface area contributed by atoms with Crippen molar-refractivity contribution in [3.8, 4) is 17.2 Å². The van der Waals surface area contributed by atoms with Crippen molar-refractivity contribution in [2.24, 2.45) is 0 Å². The SMILES string of the molecule is COc1ccc(C2(C(=O)NCc3ccc4c(c3)OCO4)CC2)cc1. The van der Waals surface area contributed by atoms with Gasteiger partial charge in [-0.05, 0) is 48.2 Å². The van der Waals surface area contributed by atoms with E-state index in [1.54, 1.807) is 7.11 Å². The zero-order valence-corrected chi connectivity index (χ0v) is 13.5. The molecule has 5 nitrogen and oxygen atoms in total. The molecule has 24 heavy (non-hydrogen) atoms. The highest BCUT2D eigenvalue weighted by molar-refractivity contribution is 5.91. The Morgan fingerprint density at radius 2 is 1.88 bits per heavy atom. The number of carbonyl (C=O) groups excluding carboxylic acids is 1. The van der Waals surface area contributed by atoms with Crippen LogP contribution in [0.15, 0.2) is 42.5 Å². The summed E-state index contributed by atoms with van der Waals surface area (Å²) in [5, 5.41) is 3.05. The van der Waals surface area contributed by atoms with Crippen LogP contribution in [0.2, 0.25) is 0 Å². The number of rotatable bonds is 5. The number of carbonyl (C=O) groups is 1. The van der Waals surface area contributed by atoms with Crippen LogP contribution < -0.4 is 19.5 Å². The Balaban J connectivity index is 1.44. The van der Waals surface area contributed by atoms with E-state index < -0.39 is 0 Å². The lowest BCUT2D eigenvalue weighted by Gasteiger charge is -2.16. The largest absolute Gasteiger partial charge is 0.497 e. The first-order valence-electron chi connectivity index (χ1n) is 8.03. The fraction of sp³-hybridized carbons (Fsp3) is 0.316. The first-order valence-corrected chi connectivity index (χ1v) is 8.03. The van der Waals surface area contributed by atoms with Crippen LogP contribution in [0.25, 0.3) is 0 Å². The summed E-state index contributed by atoms with van der Waals surface area (Å²) in [6, 6.07) is 13.5. The Labute approximate surface area is 140 Å². The van der Waals surface area contributed by atoms with E-state index in [-0.39, 0.29) is 18.1 Å². The van der Waals surface area contributed by atoms with Gasteiger partial charge in [0.15, 0.2) is 11.5 Å². The molecule has 1 amide bonds. The second kappa shape index (κ2) is 5.74. The third-order valence-electron chi connectivity index (χ3n) is 4.72. The standard InChI is InChI=1S/C19H19NO4/c1-22-15-5-3-14(4-6-15)19(8-9-19)18(21)20-11-13-2-7-16-17(10-13)24-12-23-16/h2-7,10H,8-9,11-12H2,1H3,(H,20,21). The molecule has 0 radical (unpaired) electrons. The van der Waals surface area contributed by atoms with Gasteiger partial charge in [0.25, 0.3) is 0 Å². The van der Waals surface area contributed by atoms with Gasteiger partial charge in [0.1, 0.15) is 5.75 Å². The molecule has 1 fully saturated rings. The number of nitrogens with one attached hydrogen (secondary N) is 1. The second-order valence-corrected chi connectivity index (χ2v) is 6.18. The summed E-state index contributed by atoms with van der Waals surface area (Å²) in [4.78, 5) is 12.7. The van der Waals surface area contributed by atoms with Gasteiger partial charge >= 0.3 is 0 Å². The molecule has 0 atom stereocenters. The molecule has 2 aromatic rings. The molecule has 2 aliphatic rings. The van der Waals surface area contributed by atoms with Crippen LogP contribution in [0.5, 0.6) is 17.2 Å². The van der Waals surface area contributed by atoms with Crippen molar-refractivity contribution < 1.29 is 19.0 Å². The molecule has 1 aliphatic heterocycles. The third kappa shape index (κ3) is 2.56. The van der Waals surface area contributed by atoms with E-state index in [0.717, 1.165) is 41.2 Å². The van der Waals surface area contributed by atoms with Gasteiger partial charge in [-0.15, -0.1) is 0 Å². The van der Waals surface area contributed by atoms with Crippen LogP contribution in [0.4, 0.5) is 0 Å². The Morgan fingerprint density at radius 3 is 2.58 bits per heavy atom. The molecule has 0 aromatic heterocycles. The second-order valence-electron chi connectivity index (χ2n) is 6.18. The molecule has 1 saturated carbocycles. The quantitative estimate of drug-likeness (QED) is 0.918. The predicted octanol–water partition coefficient (Wildman–Crippen LogP) is 2.77. The van der Waals surface area contributed by atoms with Crippen molar-refractivity contribution in [2.75, 3.05) is 13.9 Å². The van der Waals surface area contributed by atoms with Crippen molar-refractivity contribution in [1.82, 2.24) is 5.32 Å². The molecule has 4 rings (SSSR count). The van der Waals surface area contributed by atoms with Crippen LogP contribution >= 0.6 is 0 Å². The average molecular weight is 325 g/mol. The number of amides is 1. The molecule has 1 N–H and O–H groups in total. The topological polar surface area (TPSA) is 56.8 Å². The Hall–Kier alpha value is -2.69. The van der Waals surface area contributed by atoms with E-state index in [4.69, 9.17) is 14.2 Å². The minimum absolute atomic E-state index is 0.0744. The molecule has 5 heteroatoms. The maximum Gasteiger partial charge on any atom is 0.231 e. The Morgan fingerprint density at radius 1 is 1.12 bits per heavy atom. The van der Waals surface area contributed by atoms with Gasteiger partial charge in [-0.25, -0.2) is 0 Å². The van der Waals surface area contributed by atoms with Crippen LogP contribution in [-0.2, 0) is 16.8 Å². The molecule has 1 heterocycles. The summed E-state index contributed by atoms with van der Waals surface area (Å²) in [6.45, 7) is 0.735. The lowest BCUT2D eigenvalue weighted by Crippen LogP contribution is -2.34. The first-order chi connectivity index (χ1) is 11.7. The summed E-state index contributed by atoms with van der Waals surface area (Å²) in [5.41, 5.74) is 1.66. The number of hydrogen-bond acceptors (Lipinski definition) is 4. The number of fused-ring (bicyclic) bond motifs is 1. The van der Waals surface area contributed by atoms with Gasteiger partial charge in [-0.1, -0.05) is 18.2 Å². The molecule has 2 aromatic carbocycles. The highest BCUT2D eigenvalue weighted by Gasteiger charge is 2.51. The lowest BCUT2D eigenvalue weighted by molar-refractivity contribution is -0.123. The van der Waals surface area contributed by atoms with Gasteiger partial charge < -0.3 is 19.5 Å². The van der Waals surface area contributed by atoms with Gasteiger partial charge in [-0.2, -0.15) is 0 Å². The van der Waals surface area contributed by atoms with Crippen molar-refractivity contribution in [2.45, 2.75) is 24.8 Å². The number of hydrogen-bond donors (Lipinski definition) is 1. The fourth-order valence-electron chi connectivity index (χ4n) is 3.08. The molecule has 0 saturated heterocycles. The zero-order chi connectivity index (χ0) is 16.6. The van der Waals surface area contributed by atoms with Crippen molar-refractivity contribution in [3.05, 3.63) is 53.6 Å². The maximum absolute atomic E-state index is 12.7. The van der Waals surface area contributed by atoms with Gasteiger partial charge in [0.05, 0.1) is 12.5 Å². The van der Waals surface area contributed by atoms with Crippen molar-refractivity contribution in [1.29, 1.82) is 0 Å². The van der Waals surface area contributed by atoms with Crippen LogP contribution in [-0.4, -0.2) is 19.8 Å². The van der Waals surface area contributed by atoms with E-state index in [1.807, 2.05) is 42.5 Å². The summed E-state index contributed by atoms with van der Waals surface area (Å²) < 4.78 is 15.9. The molecule has 0 spiro atoms. The van der Waals surface area contributed by atoms with E-state index in [1.165, 1.54) is 0 Å². The van der Waals surface area contributed by atoms with E-state index in [0.29, 0.717) is 6.54 Å². The molecular formula is C19H19NO4. The van der Waals surface area contributed by atoms with E-state index >= 15 is 0 Å². The minimum Gasteiger partial charge on any atom is -0.497 e. The van der Waals surface area contributed by atoms with Crippen LogP contribution in [0, 0.1) is 0 Å². The zero-order valence-electron chi connectivity index (χ0n) is 13.5. The number of methoxy groups -OCH3 is 1. The third-order valence-corrected chi connectivity index (χ3v) is 4.72. The summed E-state index contributed by atoms with van der Waals surface area (Å²) in [5.74, 6) is 2.36. The van der Waals surface area contributed by atoms with E-state index in [2.05, 4.69) is 5.32 Å². The summed E-state index contributed by atoms with van der Waals surface area (Å²) in [6.07, 6.45) is 1.76. The highest BCUT2D eigenvalue weighted by atomic mass is 16.7. The normalized spacial score (nSPS) is 16.5. The van der Waals surface area contributed by atoms with Crippen molar-refractivity contribution >= 4 is 5.91 Å². The number of benzene rings is 2. The van der Waals surface area contributed by atoms with Crippen LogP contribution in [0.1, 0.15) is 24.0 Å². The fourth-order valence-corrected chi connectivity index (χ4v) is 3.08. The monoisotopic (exact) mass is 325 g/mol. The maximum atomic E-state index is 12.7. The molecule has 124 valence electrons. The molecular weight excluding hydrogens is 306 g/mol. The van der Waals surface area contributed by atoms with Gasteiger partial charge in [-0.3, -0.25) is 4.79 Å². The minimum atomic E-state index is -0.386. The van der Waals surface area contributed by atoms with Gasteiger partial charge in [0, 0.05) is 6.54 Å². The summed E-state index contributed by atoms with van der Waals surface area (Å²) in [7, 11) is 1.64. The number of ether oxygens (including phenoxy) is 3. The van der Waals surface area contributed by atoms with Crippen LogP contribution in [0.3, 0.4) is 0 Å². The lowest BCUT2D eigenvalue weighted by atomic mass is 9.95. The van der Waals surface area contributed by atoms with Gasteiger partial charge in [0.2, 0.25) is 12.7 Å². The molecule has 1 aliphatic carbocycles. The Bertz CT molecular complexity index is 765. The molecule has 0 bridgehead atoms. The predicted molar refractivity (Wildman–Crippen MR) is 88.3 cm³/mol. The highest BCUT2D eigenvalue weighted by Crippen LogP contribution is 2.48. The molecule has 0 unspecified atom stereocenters. The Kier molecular flexibility index (Phi) is 3.56. The van der Waals surface area contributed by atoms with E-state index in [9.17, 15) is 4.79 Å². The first kappa shape index (κ1) is 14.9. The van der Waals surface area contributed by atoms with Crippen molar-refractivity contribution in [3.63, 3.8) is 0 Å².